The van der Waals surface area contributed by atoms with Crippen molar-refractivity contribution in [2.24, 2.45) is 5.10 Å². The van der Waals surface area contributed by atoms with E-state index < -0.39 is 17.8 Å². The highest BCUT2D eigenvalue weighted by Gasteiger charge is 2.18. The predicted octanol–water partition coefficient (Wildman–Crippen LogP) is 2.54. The Labute approximate surface area is 223 Å². The molecule has 0 spiro atoms. The van der Waals surface area contributed by atoms with Crippen molar-refractivity contribution in [1.29, 1.82) is 0 Å². The SMILES string of the molecule is COc1cc(C(=O)NCC(=O)NN=Cc2ccc(OC(=O)c3ccc4c(c3)OCO4)cc2)cc(OC)c1OC. The van der Waals surface area contributed by atoms with Crippen LogP contribution in [-0.4, -0.2) is 58.7 Å². The molecule has 2 amide bonds. The maximum absolute atomic E-state index is 12.5. The van der Waals surface area contributed by atoms with Gasteiger partial charge in [-0.25, -0.2) is 10.2 Å². The molecular formula is C27H25N3O9. The van der Waals surface area contributed by atoms with Crippen LogP contribution in [0.1, 0.15) is 26.3 Å². The number of esters is 1. The second-order valence-electron chi connectivity index (χ2n) is 7.92. The van der Waals surface area contributed by atoms with E-state index in [2.05, 4.69) is 15.8 Å². The molecule has 0 aromatic heterocycles. The molecule has 39 heavy (non-hydrogen) atoms. The molecule has 12 nitrogen and oxygen atoms in total. The van der Waals surface area contributed by atoms with Crippen molar-refractivity contribution in [3.05, 3.63) is 71.3 Å². The van der Waals surface area contributed by atoms with E-state index in [0.29, 0.717) is 45.6 Å². The third-order valence-electron chi connectivity index (χ3n) is 5.44. The van der Waals surface area contributed by atoms with Gasteiger partial charge in [0.25, 0.3) is 11.8 Å². The lowest BCUT2D eigenvalue weighted by atomic mass is 10.1. The highest BCUT2D eigenvalue weighted by atomic mass is 16.7. The van der Waals surface area contributed by atoms with Gasteiger partial charge in [0.05, 0.1) is 39.7 Å². The van der Waals surface area contributed by atoms with E-state index in [4.69, 9.17) is 28.4 Å². The fraction of sp³-hybridized carbons (Fsp3) is 0.185. The average molecular weight is 536 g/mol. The number of hydrogen-bond donors (Lipinski definition) is 2. The standard InChI is InChI=1S/C27H25N3O9/c1-34-22-11-18(12-23(35-2)25(22)36-3)26(32)28-14-24(31)30-29-13-16-4-7-19(8-5-16)39-27(33)17-6-9-20-21(10-17)38-15-37-20/h4-13H,14-15H2,1-3H3,(H,28,32)(H,30,31). The molecular weight excluding hydrogens is 510 g/mol. The van der Waals surface area contributed by atoms with E-state index in [1.54, 1.807) is 42.5 Å². The Morgan fingerprint density at radius 1 is 0.872 bits per heavy atom. The predicted molar refractivity (Wildman–Crippen MR) is 138 cm³/mol. The molecule has 2 N–H and O–H groups in total. The number of nitrogens with one attached hydrogen (secondary N) is 2. The van der Waals surface area contributed by atoms with Crippen LogP contribution in [0.4, 0.5) is 0 Å². The van der Waals surface area contributed by atoms with Gasteiger partial charge in [0.15, 0.2) is 23.0 Å². The van der Waals surface area contributed by atoms with Gasteiger partial charge in [0.1, 0.15) is 5.75 Å². The Kier molecular flexibility index (Phi) is 8.46. The number of hydrogen-bond acceptors (Lipinski definition) is 10. The normalized spacial score (nSPS) is 11.6. The van der Waals surface area contributed by atoms with Gasteiger partial charge in [-0.1, -0.05) is 0 Å². The summed E-state index contributed by atoms with van der Waals surface area (Å²) >= 11 is 0. The second kappa shape index (κ2) is 12.3. The minimum Gasteiger partial charge on any atom is -0.493 e. The quantitative estimate of drug-likeness (QED) is 0.173. The first-order valence-corrected chi connectivity index (χ1v) is 11.5. The van der Waals surface area contributed by atoms with Crippen LogP contribution in [0.2, 0.25) is 0 Å². The Balaban J connectivity index is 1.25. The Bertz CT molecular complexity index is 1380. The van der Waals surface area contributed by atoms with Crippen LogP contribution in [-0.2, 0) is 4.79 Å². The summed E-state index contributed by atoms with van der Waals surface area (Å²) in [7, 11) is 4.33. The van der Waals surface area contributed by atoms with Gasteiger partial charge < -0.3 is 33.7 Å². The zero-order valence-electron chi connectivity index (χ0n) is 21.3. The summed E-state index contributed by atoms with van der Waals surface area (Å²) in [6.07, 6.45) is 1.41. The van der Waals surface area contributed by atoms with E-state index in [9.17, 15) is 14.4 Å². The number of ether oxygens (including phenoxy) is 6. The van der Waals surface area contributed by atoms with E-state index in [1.165, 1.54) is 39.7 Å². The molecule has 0 radical (unpaired) electrons. The zero-order valence-corrected chi connectivity index (χ0v) is 21.3. The van der Waals surface area contributed by atoms with Crippen molar-refractivity contribution < 1.29 is 42.8 Å². The van der Waals surface area contributed by atoms with Crippen molar-refractivity contribution >= 4 is 24.0 Å². The number of rotatable bonds is 10. The average Bonchev–Trinajstić information content (AvgIpc) is 3.44. The molecule has 0 aliphatic carbocycles. The van der Waals surface area contributed by atoms with Crippen molar-refractivity contribution in [2.45, 2.75) is 0 Å². The van der Waals surface area contributed by atoms with Crippen molar-refractivity contribution in [3.8, 4) is 34.5 Å². The monoisotopic (exact) mass is 535 g/mol. The first-order valence-electron chi connectivity index (χ1n) is 11.5. The van der Waals surface area contributed by atoms with Crippen molar-refractivity contribution in [3.63, 3.8) is 0 Å². The van der Waals surface area contributed by atoms with Gasteiger partial charge in [0.2, 0.25) is 12.5 Å². The fourth-order valence-electron chi connectivity index (χ4n) is 3.50. The van der Waals surface area contributed by atoms with Crippen molar-refractivity contribution in [2.75, 3.05) is 34.7 Å². The summed E-state index contributed by atoms with van der Waals surface area (Å²) in [6.45, 7) is -0.206. The van der Waals surface area contributed by atoms with Crippen LogP contribution in [0.15, 0.2) is 59.7 Å². The smallest absolute Gasteiger partial charge is 0.343 e. The summed E-state index contributed by atoms with van der Waals surface area (Å²) < 4.78 is 31.6. The molecule has 3 aromatic rings. The Morgan fingerprint density at radius 3 is 2.23 bits per heavy atom. The number of methoxy groups -OCH3 is 3. The molecule has 0 bridgehead atoms. The summed E-state index contributed by atoms with van der Waals surface area (Å²) in [5, 5.41) is 6.38. The molecule has 0 unspecified atom stereocenters. The maximum Gasteiger partial charge on any atom is 0.343 e. The number of nitrogens with zero attached hydrogens (tertiary/aromatic N) is 1. The van der Waals surface area contributed by atoms with Gasteiger partial charge in [0, 0.05) is 5.56 Å². The lowest BCUT2D eigenvalue weighted by molar-refractivity contribution is -0.120. The molecule has 0 saturated heterocycles. The Morgan fingerprint density at radius 2 is 1.56 bits per heavy atom. The van der Waals surface area contributed by atoms with E-state index >= 15 is 0 Å². The number of fused-ring (bicyclic) bond motifs is 1. The van der Waals surface area contributed by atoms with Crippen LogP contribution in [0.3, 0.4) is 0 Å². The number of benzene rings is 3. The van der Waals surface area contributed by atoms with Gasteiger partial charge in [-0.3, -0.25) is 9.59 Å². The van der Waals surface area contributed by atoms with Gasteiger partial charge in [-0.05, 0) is 60.2 Å². The van der Waals surface area contributed by atoms with Crippen LogP contribution in [0.25, 0.3) is 0 Å². The summed E-state index contributed by atoms with van der Waals surface area (Å²) in [6, 6.07) is 14.2. The van der Waals surface area contributed by atoms with Crippen LogP contribution in [0, 0.1) is 0 Å². The van der Waals surface area contributed by atoms with E-state index in [1.807, 2.05) is 0 Å². The molecule has 0 fully saturated rings. The maximum atomic E-state index is 12.5. The van der Waals surface area contributed by atoms with Gasteiger partial charge in [-0.15, -0.1) is 0 Å². The molecule has 1 aliphatic rings. The molecule has 4 rings (SSSR count). The topological polar surface area (TPSA) is 143 Å². The van der Waals surface area contributed by atoms with Gasteiger partial charge >= 0.3 is 5.97 Å². The highest BCUT2D eigenvalue weighted by Crippen LogP contribution is 2.38. The number of amides is 2. The third-order valence-corrected chi connectivity index (χ3v) is 5.44. The summed E-state index contributed by atoms with van der Waals surface area (Å²) in [5.41, 5.74) is 3.51. The molecule has 12 heteroatoms. The third kappa shape index (κ3) is 6.55. The van der Waals surface area contributed by atoms with Crippen LogP contribution in [0.5, 0.6) is 34.5 Å². The van der Waals surface area contributed by atoms with E-state index in [-0.39, 0.29) is 18.9 Å². The van der Waals surface area contributed by atoms with Gasteiger partial charge in [-0.2, -0.15) is 5.10 Å². The minimum absolute atomic E-state index is 0.112. The largest absolute Gasteiger partial charge is 0.493 e. The number of hydrazone groups is 1. The molecule has 0 atom stereocenters. The van der Waals surface area contributed by atoms with Crippen molar-refractivity contribution in [1.82, 2.24) is 10.7 Å². The first-order chi connectivity index (χ1) is 18.9. The lowest BCUT2D eigenvalue weighted by Gasteiger charge is -2.14. The van der Waals surface area contributed by atoms with Crippen LogP contribution < -0.4 is 39.2 Å². The molecule has 0 saturated carbocycles. The molecule has 1 heterocycles. The molecule has 202 valence electrons. The lowest BCUT2D eigenvalue weighted by Crippen LogP contribution is -2.34. The first kappa shape index (κ1) is 26.8. The second-order valence-corrected chi connectivity index (χ2v) is 7.92. The summed E-state index contributed by atoms with van der Waals surface area (Å²) in [5.74, 6) is 0.751. The minimum atomic E-state index is -0.546. The number of carbonyl (C=O) groups excluding carboxylic acids is 3. The van der Waals surface area contributed by atoms with Crippen LogP contribution >= 0.6 is 0 Å². The number of carbonyl (C=O) groups is 3. The Hall–Kier alpha value is -5.26. The molecule has 3 aromatic carbocycles. The van der Waals surface area contributed by atoms with E-state index in [0.717, 1.165) is 0 Å². The zero-order chi connectivity index (χ0) is 27.8. The molecule has 1 aliphatic heterocycles. The highest BCUT2D eigenvalue weighted by molar-refractivity contribution is 5.97. The summed E-state index contributed by atoms with van der Waals surface area (Å²) in [4.78, 5) is 37.0. The fourth-order valence-corrected chi connectivity index (χ4v) is 3.50.